The summed E-state index contributed by atoms with van der Waals surface area (Å²) in [7, 11) is -6.73. The third-order valence-corrected chi connectivity index (χ3v) is 2.39. The minimum atomic E-state index is -6.73. The number of hydrogen-bond donors (Lipinski definition) is 0. The maximum Gasteiger partial charge on any atom is 1.00 e. The van der Waals surface area contributed by atoms with Gasteiger partial charge in [0.1, 0.15) is 0 Å². The van der Waals surface area contributed by atoms with Crippen LogP contribution in [0.1, 0.15) is 12.8 Å². The van der Waals surface area contributed by atoms with Gasteiger partial charge in [-0.1, -0.05) is 0 Å². The van der Waals surface area contributed by atoms with E-state index in [4.69, 9.17) is 0 Å². The van der Waals surface area contributed by atoms with Crippen molar-refractivity contribution in [3.63, 3.8) is 0 Å². The second kappa shape index (κ2) is 6.01. The van der Waals surface area contributed by atoms with Crippen LogP contribution >= 0.6 is 0 Å². The van der Waals surface area contributed by atoms with E-state index in [-0.39, 0.29) is 51.4 Å². The van der Waals surface area contributed by atoms with Gasteiger partial charge in [-0.05, 0) is 0 Å². The molecule has 0 aromatic rings. The summed E-state index contributed by atoms with van der Waals surface area (Å²) in [6, 6.07) is 0. The van der Waals surface area contributed by atoms with Crippen molar-refractivity contribution in [2.45, 2.75) is 30.2 Å². The molecule has 0 aliphatic carbocycles. The van der Waals surface area contributed by atoms with Crippen LogP contribution in [0.4, 0.5) is 30.7 Å². The van der Waals surface area contributed by atoms with E-state index in [1.807, 2.05) is 0 Å². The van der Waals surface area contributed by atoms with E-state index >= 15 is 0 Å². The third kappa shape index (κ3) is 5.70. The molecule has 0 heterocycles. The van der Waals surface area contributed by atoms with Crippen LogP contribution in [0.2, 0.25) is 0 Å². The molecule has 0 fully saturated rings. The maximum atomic E-state index is 12.4. The van der Waals surface area contributed by atoms with Gasteiger partial charge in [0.25, 0.3) is 0 Å². The summed E-state index contributed by atoms with van der Waals surface area (Å²) in [4.78, 5) is 0. The van der Waals surface area contributed by atoms with Gasteiger partial charge in [0.05, 0.1) is 0 Å². The molecule has 0 amide bonds. The third-order valence-electron chi connectivity index (χ3n) is 1.46. The summed E-state index contributed by atoms with van der Waals surface area (Å²) < 4.78 is 113. The van der Waals surface area contributed by atoms with Crippen molar-refractivity contribution < 1.29 is 95.1 Å². The molecule has 0 aromatic heterocycles. The van der Waals surface area contributed by atoms with Gasteiger partial charge < -0.3 is 4.55 Å². The Balaban J connectivity index is 0. The molecule has 0 bridgehead atoms. The van der Waals surface area contributed by atoms with E-state index in [0.29, 0.717) is 0 Å². The van der Waals surface area contributed by atoms with Gasteiger partial charge in [-0.15, -0.1) is 0 Å². The molecule has 0 radical (unpaired) electrons. The molecule has 0 N–H and O–H groups in total. The molecule has 3 nitrogen and oxygen atoms in total. The largest absolute Gasteiger partial charge is 1.00 e. The Kier molecular flexibility index (Phi) is 7.20. The summed E-state index contributed by atoms with van der Waals surface area (Å²) in [6.07, 6.45) is -9.97. The number of rotatable bonds is 4. The Morgan fingerprint density at radius 3 is 1.47 bits per heavy atom. The Morgan fingerprint density at radius 1 is 0.882 bits per heavy atom. The second-order valence-electron chi connectivity index (χ2n) is 2.79. The van der Waals surface area contributed by atoms with Gasteiger partial charge in [0.15, 0.2) is 10.1 Å². The van der Waals surface area contributed by atoms with E-state index in [1.165, 1.54) is 0 Å². The first-order chi connectivity index (χ1) is 6.71. The van der Waals surface area contributed by atoms with E-state index in [2.05, 4.69) is 0 Å². The molecule has 0 aliphatic rings. The van der Waals surface area contributed by atoms with Crippen molar-refractivity contribution >= 4 is 10.1 Å². The van der Waals surface area contributed by atoms with Gasteiger partial charge in [-0.25, -0.2) is 8.42 Å². The predicted molar refractivity (Wildman–Crippen MR) is 34.9 cm³/mol. The zero-order valence-electron chi connectivity index (χ0n) is 8.19. The summed E-state index contributed by atoms with van der Waals surface area (Å²) >= 11 is 0. The standard InChI is InChI=1S/C5H5F7O3S.K/c6-3(7,1-2-4(8,9)10)5(11,12)16(13,14)15;/h1-2H2,(H,13,14,15);/q;+1/p-1. The first-order valence-electron chi connectivity index (χ1n) is 3.48. The zero-order valence-corrected chi connectivity index (χ0v) is 12.1. The average molecular weight is 316 g/mol. The number of hydrogen-bond acceptors (Lipinski definition) is 3. The van der Waals surface area contributed by atoms with Crippen molar-refractivity contribution in [2.24, 2.45) is 0 Å². The van der Waals surface area contributed by atoms with Crippen LogP contribution in [0, 0.1) is 0 Å². The van der Waals surface area contributed by atoms with Gasteiger partial charge in [0, 0.05) is 12.8 Å². The fraction of sp³-hybridized carbons (Fsp3) is 1.00. The molecule has 0 saturated heterocycles. The topological polar surface area (TPSA) is 57.2 Å². The second-order valence-corrected chi connectivity index (χ2v) is 4.21. The molecule has 0 saturated carbocycles. The minimum Gasteiger partial charge on any atom is -0.743 e. The first kappa shape index (κ1) is 20.4. The van der Waals surface area contributed by atoms with Gasteiger partial charge >= 0.3 is 68.7 Å². The quantitative estimate of drug-likeness (QED) is 0.384. The van der Waals surface area contributed by atoms with E-state index in [9.17, 15) is 43.7 Å². The van der Waals surface area contributed by atoms with Crippen LogP contribution in [0.3, 0.4) is 0 Å². The van der Waals surface area contributed by atoms with Crippen LogP contribution in [0.25, 0.3) is 0 Å². The molecule has 17 heavy (non-hydrogen) atoms. The van der Waals surface area contributed by atoms with E-state index in [1.54, 1.807) is 0 Å². The van der Waals surface area contributed by atoms with Crippen molar-refractivity contribution in [1.29, 1.82) is 0 Å². The molecular formula is C5H4F7KO3S. The monoisotopic (exact) mass is 316 g/mol. The molecule has 12 heteroatoms. The first-order valence-corrected chi connectivity index (χ1v) is 4.89. The van der Waals surface area contributed by atoms with E-state index in [0.717, 1.165) is 0 Å². The fourth-order valence-electron chi connectivity index (χ4n) is 0.627. The van der Waals surface area contributed by atoms with Crippen LogP contribution in [-0.2, 0) is 10.1 Å². The minimum absolute atomic E-state index is 0. The summed E-state index contributed by atoms with van der Waals surface area (Å²) in [5, 5.41) is -6.06. The van der Waals surface area contributed by atoms with E-state index < -0.39 is 40.3 Å². The van der Waals surface area contributed by atoms with Gasteiger partial charge in [-0.2, -0.15) is 30.7 Å². The van der Waals surface area contributed by atoms with Crippen molar-refractivity contribution in [3.05, 3.63) is 0 Å². The van der Waals surface area contributed by atoms with Gasteiger partial charge in [-0.3, -0.25) is 0 Å². The maximum absolute atomic E-state index is 12.4. The summed E-state index contributed by atoms with van der Waals surface area (Å²) in [5.74, 6) is -5.57. The van der Waals surface area contributed by atoms with Crippen LogP contribution in [-0.4, -0.2) is 30.3 Å². The zero-order chi connectivity index (χ0) is 13.4. The Labute approximate surface area is 134 Å². The summed E-state index contributed by atoms with van der Waals surface area (Å²) in [6.45, 7) is 0. The van der Waals surface area contributed by atoms with Crippen LogP contribution in [0.15, 0.2) is 0 Å². The van der Waals surface area contributed by atoms with Crippen molar-refractivity contribution in [2.75, 3.05) is 0 Å². The normalized spacial score (nSPS) is 14.4. The number of alkyl halides is 7. The Hall–Kier alpha value is 1.06. The molecular weight excluding hydrogens is 312 g/mol. The van der Waals surface area contributed by atoms with Gasteiger partial charge in [0.2, 0.25) is 0 Å². The summed E-state index contributed by atoms with van der Waals surface area (Å²) in [5.41, 5.74) is 0. The van der Waals surface area contributed by atoms with Crippen LogP contribution < -0.4 is 51.4 Å². The van der Waals surface area contributed by atoms with Crippen molar-refractivity contribution in [3.8, 4) is 0 Å². The SMILES string of the molecule is O=S(=O)([O-])C(F)(F)C(F)(F)CCC(F)(F)F.[K+]. The van der Waals surface area contributed by atoms with Crippen LogP contribution in [0.5, 0.6) is 0 Å². The Morgan fingerprint density at radius 2 is 1.24 bits per heavy atom. The molecule has 0 aliphatic heterocycles. The predicted octanol–water partition coefficient (Wildman–Crippen LogP) is -0.894. The average Bonchev–Trinajstić information content (AvgIpc) is 1.97. The molecule has 0 rings (SSSR count). The molecule has 98 valence electrons. The molecule has 0 aromatic carbocycles. The van der Waals surface area contributed by atoms with Crippen molar-refractivity contribution in [1.82, 2.24) is 0 Å². The molecule has 0 unspecified atom stereocenters. The molecule has 0 atom stereocenters. The Bertz CT molecular complexity index is 349. The fourth-order valence-corrected chi connectivity index (χ4v) is 1.09. The number of halogens is 7. The molecule has 0 spiro atoms. The smallest absolute Gasteiger partial charge is 0.743 e.